The molecule has 1 N–H and O–H groups in total. The Labute approximate surface area is 64.7 Å². The number of halogens is 1. The molecule has 54 valence electrons. The van der Waals surface area contributed by atoms with E-state index >= 15 is 0 Å². The Bertz CT molecular complexity index is 240. The monoisotopic (exact) mass is 158 g/mol. The van der Waals surface area contributed by atoms with Crippen LogP contribution >= 0.6 is 0 Å². The maximum absolute atomic E-state index is 8.35. The van der Waals surface area contributed by atoms with Crippen molar-refractivity contribution in [3.05, 3.63) is 16.4 Å². The molecule has 4 nitrogen and oxygen atoms in total. The first-order valence-corrected chi connectivity index (χ1v) is 2.62. The van der Waals surface area contributed by atoms with E-state index in [1.807, 2.05) is 0 Å². The van der Waals surface area contributed by atoms with Crippen molar-refractivity contribution in [1.82, 2.24) is 10.2 Å². The molecule has 1 aromatic rings. The summed E-state index contributed by atoms with van der Waals surface area (Å²) in [5, 5.41) is 14.8. The summed E-state index contributed by atoms with van der Waals surface area (Å²) in [6, 6.07) is 0. The fourth-order valence-corrected chi connectivity index (χ4v) is 0.692. The van der Waals surface area contributed by atoms with Gasteiger partial charge in [0.2, 0.25) is 5.39 Å². The van der Waals surface area contributed by atoms with E-state index in [-0.39, 0.29) is 12.4 Å². The number of diazo groups is 1. The number of H-pyrrole nitrogens is 1. The zero-order valence-corrected chi connectivity index (χ0v) is 6.48. The standard InChI is InChI=1S/C5H7N4.ClH/c1-3-5(7-6)4(2)9-8-3;/h1-2H3,(H,8,9);1H/q+1;/p-1. The fraction of sp³-hybridized carbons (Fsp3) is 0.400. The molecule has 0 aliphatic rings. The first kappa shape index (κ1) is 8.92. The summed E-state index contributed by atoms with van der Waals surface area (Å²) < 4.78 is 0. The Balaban J connectivity index is 0.000000810. The molecule has 0 spiro atoms. The Hall–Kier alpha value is -1.08. The van der Waals surface area contributed by atoms with Gasteiger partial charge in [0.1, 0.15) is 5.69 Å². The number of hydrogen-bond donors (Lipinski definition) is 1. The van der Waals surface area contributed by atoms with Crippen LogP contribution in [0.15, 0.2) is 0 Å². The van der Waals surface area contributed by atoms with Crippen molar-refractivity contribution in [2.75, 3.05) is 0 Å². The van der Waals surface area contributed by atoms with Gasteiger partial charge in [-0.15, -0.1) is 0 Å². The van der Waals surface area contributed by atoms with Crippen LogP contribution < -0.4 is 12.4 Å². The SMILES string of the molecule is Cc1n[nH]c(C)c1[N+]#N.[Cl-]. The molecule has 1 rings (SSSR count). The van der Waals surface area contributed by atoms with Gasteiger partial charge in [-0.2, -0.15) is 5.10 Å². The largest absolute Gasteiger partial charge is 1.00 e. The van der Waals surface area contributed by atoms with Crippen molar-refractivity contribution in [1.29, 1.82) is 5.39 Å². The number of aryl methyl sites for hydroxylation is 2. The summed E-state index contributed by atoms with van der Waals surface area (Å²) in [5.41, 5.74) is 2.04. The predicted molar refractivity (Wildman–Crippen MR) is 32.8 cm³/mol. The third-order valence-corrected chi connectivity index (χ3v) is 1.19. The van der Waals surface area contributed by atoms with Crippen LogP contribution in [-0.2, 0) is 0 Å². The minimum Gasteiger partial charge on any atom is -1.00 e. The molecule has 0 aliphatic carbocycles. The van der Waals surface area contributed by atoms with Crippen LogP contribution in [0.1, 0.15) is 11.4 Å². The zero-order valence-electron chi connectivity index (χ0n) is 5.72. The van der Waals surface area contributed by atoms with Crippen molar-refractivity contribution in [3.63, 3.8) is 0 Å². The van der Waals surface area contributed by atoms with Crippen molar-refractivity contribution in [3.8, 4) is 0 Å². The van der Waals surface area contributed by atoms with Gasteiger partial charge in [0, 0.05) is 0 Å². The van der Waals surface area contributed by atoms with Crippen molar-refractivity contribution < 1.29 is 12.4 Å². The summed E-state index contributed by atoms with van der Waals surface area (Å²) in [4.78, 5) is 3.04. The van der Waals surface area contributed by atoms with E-state index in [1.54, 1.807) is 13.8 Å². The number of aromatic amines is 1. The minimum atomic E-state index is 0. The van der Waals surface area contributed by atoms with Gasteiger partial charge < -0.3 is 12.4 Å². The zero-order chi connectivity index (χ0) is 6.85. The molecular formula is C5H7ClN4. The second kappa shape index (κ2) is 3.18. The summed E-state index contributed by atoms with van der Waals surface area (Å²) >= 11 is 0. The van der Waals surface area contributed by atoms with Gasteiger partial charge in [-0.05, 0) is 13.8 Å². The molecule has 0 atom stereocenters. The predicted octanol–water partition coefficient (Wildman–Crippen LogP) is -1.48. The first-order chi connectivity index (χ1) is 4.25. The Kier molecular flexibility index (Phi) is 2.84. The molecule has 10 heavy (non-hydrogen) atoms. The van der Waals surface area contributed by atoms with Gasteiger partial charge in [0.15, 0.2) is 10.7 Å². The van der Waals surface area contributed by atoms with E-state index in [1.165, 1.54) is 0 Å². The third-order valence-electron chi connectivity index (χ3n) is 1.19. The highest BCUT2D eigenvalue weighted by atomic mass is 35.5. The molecule has 0 bridgehead atoms. The number of nitrogens with one attached hydrogen (secondary N) is 1. The lowest BCUT2D eigenvalue weighted by Crippen LogP contribution is -3.00. The molecule has 0 radical (unpaired) electrons. The van der Waals surface area contributed by atoms with Gasteiger partial charge in [-0.1, -0.05) is 0 Å². The number of rotatable bonds is 0. The molecule has 0 saturated heterocycles. The van der Waals surface area contributed by atoms with Crippen LogP contribution in [0.3, 0.4) is 0 Å². The second-order valence-electron chi connectivity index (χ2n) is 1.88. The van der Waals surface area contributed by atoms with Crippen LogP contribution in [0.2, 0.25) is 0 Å². The quantitative estimate of drug-likeness (QED) is 0.468. The van der Waals surface area contributed by atoms with Gasteiger partial charge in [-0.25, -0.2) is 0 Å². The normalized spacial score (nSPS) is 8.10. The average molecular weight is 159 g/mol. The first-order valence-electron chi connectivity index (χ1n) is 2.62. The van der Waals surface area contributed by atoms with E-state index in [0.29, 0.717) is 5.69 Å². The average Bonchev–Trinajstić information content (AvgIpc) is 2.12. The van der Waals surface area contributed by atoms with Crippen LogP contribution in [-0.4, -0.2) is 10.2 Å². The maximum atomic E-state index is 8.35. The van der Waals surface area contributed by atoms with Gasteiger partial charge in [0.05, 0.1) is 0 Å². The molecule has 1 heterocycles. The number of nitrogens with zero attached hydrogens (tertiary/aromatic N) is 3. The Morgan fingerprint density at radius 3 is 2.30 bits per heavy atom. The van der Waals surface area contributed by atoms with Gasteiger partial charge in [0.25, 0.3) is 0 Å². The smallest absolute Gasteiger partial charge is 0.427 e. The molecule has 0 saturated carbocycles. The Morgan fingerprint density at radius 1 is 1.50 bits per heavy atom. The molecule has 0 unspecified atom stereocenters. The van der Waals surface area contributed by atoms with E-state index < -0.39 is 0 Å². The third kappa shape index (κ3) is 1.25. The van der Waals surface area contributed by atoms with Crippen molar-refractivity contribution in [2.24, 2.45) is 0 Å². The number of hydrogen-bond acceptors (Lipinski definition) is 2. The van der Waals surface area contributed by atoms with E-state index in [9.17, 15) is 0 Å². The van der Waals surface area contributed by atoms with Crippen LogP contribution in [0, 0.1) is 19.2 Å². The number of aromatic nitrogens is 2. The highest BCUT2D eigenvalue weighted by Crippen LogP contribution is 2.18. The summed E-state index contributed by atoms with van der Waals surface area (Å²) in [7, 11) is 0. The molecule has 5 heteroatoms. The molecule has 0 amide bonds. The fourth-order valence-electron chi connectivity index (χ4n) is 0.692. The van der Waals surface area contributed by atoms with E-state index in [0.717, 1.165) is 11.4 Å². The molecule has 0 aromatic carbocycles. The van der Waals surface area contributed by atoms with Crippen LogP contribution in [0.25, 0.3) is 4.98 Å². The molecule has 1 aromatic heterocycles. The molecule has 0 aliphatic heterocycles. The maximum Gasteiger partial charge on any atom is 0.427 e. The van der Waals surface area contributed by atoms with Crippen molar-refractivity contribution >= 4 is 5.69 Å². The topological polar surface area (TPSA) is 56.8 Å². The highest BCUT2D eigenvalue weighted by Gasteiger charge is 2.16. The van der Waals surface area contributed by atoms with Gasteiger partial charge in [-0.3, -0.25) is 5.10 Å². The summed E-state index contributed by atoms with van der Waals surface area (Å²) in [5.74, 6) is 0. The lowest BCUT2D eigenvalue weighted by atomic mass is 10.3. The lowest BCUT2D eigenvalue weighted by Gasteiger charge is -1.66. The molecular weight excluding hydrogens is 152 g/mol. The van der Waals surface area contributed by atoms with Crippen LogP contribution in [0.5, 0.6) is 0 Å². The highest BCUT2D eigenvalue weighted by molar-refractivity contribution is 5.51. The second-order valence-corrected chi connectivity index (χ2v) is 1.88. The van der Waals surface area contributed by atoms with Crippen molar-refractivity contribution in [2.45, 2.75) is 13.8 Å². The van der Waals surface area contributed by atoms with Crippen LogP contribution in [0.4, 0.5) is 5.69 Å². The molecule has 0 fully saturated rings. The van der Waals surface area contributed by atoms with E-state index in [4.69, 9.17) is 5.39 Å². The minimum absolute atomic E-state index is 0. The van der Waals surface area contributed by atoms with E-state index in [2.05, 4.69) is 15.2 Å². The van der Waals surface area contributed by atoms with Gasteiger partial charge >= 0.3 is 5.69 Å². The lowest BCUT2D eigenvalue weighted by molar-refractivity contribution is -0.00000237. The summed E-state index contributed by atoms with van der Waals surface area (Å²) in [6.07, 6.45) is 0. The summed E-state index contributed by atoms with van der Waals surface area (Å²) in [6.45, 7) is 3.58. The Morgan fingerprint density at radius 2 is 2.10 bits per heavy atom.